The molecule has 0 saturated carbocycles. The van der Waals surface area contributed by atoms with Gasteiger partial charge in [0.15, 0.2) is 5.65 Å². The topological polar surface area (TPSA) is 74.0 Å². The molecule has 2 aromatic heterocycles. The van der Waals surface area contributed by atoms with Gasteiger partial charge in [0.1, 0.15) is 28.7 Å². The van der Waals surface area contributed by atoms with Gasteiger partial charge in [-0.2, -0.15) is 4.98 Å². The summed E-state index contributed by atoms with van der Waals surface area (Å²) >= 11 is 0. The van der Waals surface area contributed by atoms with E-state index in [2.05, 4.69) is 15.3 Å². The monoisotopic (exact) mass is 477 g/mol. The maximum atomic E-state index is 14.4. The molecule has 0 atom stereocenters. The van der Waals surface area contributed by atoms with E-state index in [1.165, 1.54) is 40.6 Å². The van der Waals surface area contributed by atoms with E-state index >= 15 is 0 Å². The minimum Gasteiger partial charge on any atom is -0.497 e. The molecule has 0 saturated heterocycles. The number of nitrogens with zero attached hydrogens (tertiary/aromatic N) is 4. The molecule has 0 radical (unpaired) electrons. The fraction of sp³-hybridized carbons (Fsp3) is 0.0800. The smallest absolute Gasteiger partial charge is 0.335 e. The van der Waals surface area contributed by atoms with Gasteiger partial charge in [0, 0.05) is 11.6 Å². The molecule has 35 heavy (non-hydrogen) atoms. The second-order valence-corrected chi connectivity index (χ2v) is 7.61. The lowest BCUT2D eigenvalue weighted by molar-refractivity contribution is 0.414. The Morgan fingerprint density at radius 2 is 1.66 bits per heavy atom. The van der Waals surface area contributed by atoms with Gasteiger partial charge in [-0.3, -0.25) is 4.57 Å². The van der Waals surface area contributed by atoms with E-state index in [1.54, 1.807) is 36.4 Å². The molecule has 0 aliphatic carbocycles. The van der Waals surface area contributed by atoms with Crippen LogP contribution in [0.5, 0.6) is 5.75 Å². The summed E-state index contributed by atoms with van der Waals surface area (Å²) in [6.45, 7) is -0.381. The summed E-state index contributed by atoms with van der Waals surface area (Å²) in [6, 6.07) is 16.2. The number of aromatic nitrogens is 4. The van der Waals surface area contributed by atoms with Crippen molar-refractivity contribution in [3.05, 3.63) is 106 Å². The van der Waals surface area contributed by atoms with Crippen LogP contribution in [-0.4, -0.2) is 26.2 Å². The molecule has 0 fully saturated rings. The summed E-state index contributed by atoms with van der Waals surface area (Å²) in [5.74, 6) is -1.53. The van der Waals surface area contributed by atoms with Gasteiger partial charge in [0.05, 0.1) is 31.2 Å². The standard InChI is InChI=1S/C25H18F3N5O2/c1-35-16-7-4-6-15(12-16)33-23-22(13-29-24(31-23)30-21-11-3-2-8-20(21)28)32(25(33)34)14-17-18(26)9-5-10-19(17)27/h2-13H,14H2,1H3,(H,29,30,31). The maximum Gasteiger partial charge on any atom is 0.335 e. The number of hydrogen-bond acceptors (Lipinski definition) is 5. The highest BCUT2D eigenvalue weighted by Crippen LogP contribution is 2.24. The fourth-order valence-electron chi connectivity index (χ4n) is 3.76. The third-order valence-corrected chi connectivity index (χ3v) is 5.48. The molecule has 3 aromatic carbocycles. The molecule has 0 amide bonds. The van der Waals surface area contributed by atoms with Crippen LogP contribution in [0.15, 0.2) is 77.7 Å². The number of rotatable bonds is 6. The minimum absolute atomic E-state index is 0.0356. The molecule has 5 aromatic rings. The van der Waals surface area contributed by atoms with Crippen LogP contribution >= 0.6 is 0 Å². The van der Waals surface area contributed by atoms with E-state index in [0.717, 1.165) is 12.1 Å². The molecule has 0 bridgehead atoms. The molecule has 176 valence electrons. The number of benzene rings is 3. The number of methoxy groups -OCH3 is 1. The van der Waals surface area contributed by atoms with Crippen molar-refractivity contribution in [2.24, 2.45) is 0 Å². The zero-order chi connectivity index (χ0) is 24.5. The van der Waals surface area contributed by atoms with Crippen LogP contribution in [0.3, 0.4) is 0 Å². The first-order chi connectivity index (χ1) is 17.0. The van der Waals surface area contributed by atoms with Gasteiger partial charge in [0.2, 0.25) is 5.95 Å². The van der Waals surface area contributed by atoms with Crippen molar-refractivity contribution >= 4 is 22.8 Å². The first-order valence-electron chi connectivity index (χ1n) is 10.5. The molecule has 0 spiro atoms. The molecule has 0 aliphatic heterocycles. The maximum absolute atomic E-state index is 14.4. The van der Waals surface area contributed by atoms with Gasteiger partial charge in [-0.1, -0.05) is 24.3 Å². The Morgan fingerprint density at radius 3 is 2.40 bits per heavy atom. The summed E-state index contributed by atoms with van der Waals surface area (Å²) in [5, 5.41) is 2.80. The summed E-state index contributed by atoms with van der Waals surface area (Å²) in [6.07, 6.45) is 1.35. The number of imidazole rings is 1. The summed E-state index contributed by atoms with van der Waals surface area (Å²) < 4.78 is 50.6. The number of halogens is 3. The van der Waals surface area contributed by atoms with Crippen LogP contribution < -0.4 is 15.7 Å². The van der Waals surface area contributed by atoms with Crippen LogP contribution in [0.2, 0.25) is 0 Å². The molecule has 5 rings (SSSR count). The van der Waals surface area contributed by atoms with Gasteiger partial charge in [0.25, 0.3) is 0 Å². The Labute approximate surface area is 197 Å². The highest BCUT2D eigenvalue weighted by Gasteiger charge is 2.20. The largest absolute Gasteiger partial charge is 0.497 e. The van der Waals surface area contributed by atoms with Gasteiger partial charge >= 0.3 is 5.69 Å². The summed E-state index contributed by atoms with van der Waals surface area (Å²) in [7, 11) is 1.49. The van der Waals surface area contributed by atoms with Gasteiger partial charge < -0.3 is 10.1 Å². The highest BCUT2D eigenvalue weighted by molar-refractivity contribution is 5.75. The van der Waals surface area contributed by atoms with Crippen LogP contribution in [0, 0.1) is 17.5 Å². The van der Waals surface area contributed by atoms with Crippen LogP contribution in [-0.2, 0) is 6.54 Å². The average Bonchev–Trinajstić information content (AvgIpc) is 3.13. The van der Waals surface area contributed by atoms with E-state index in [9.17, 15) is 18.0 Å². The van der Waals surface area contributed by atoms with Crippen LogP contribution in [0.4, 0.5) is 24.8 Å². The molecular formula is C25H18F3N5O2. The quantitative estimate of drug-likeness (QED) is 0.380. The van der Waals surface area contributed by atoms with Crippen molar-refractivity contribution in [2.45, 2.75) is 6.54 Å². The molecule has 2 heterocycles. The Balaban J connectivity index is 1.71. The van der Waals surface area contributed by atoms with E-state index in [0.29, 0.717) is 11.4 Å². The highest BCUT2D eigenvalue weighted by atomic mass is 19.1. The Morgan fingerprint density at radius 1 is 0.943 bits per heavy atom. The normalized spacial score (nSPS) is 11.1. The molecule has 0 aliphatic rings. The van der Waals surface area contributed by atoms with E-state index in [4.69, 9.17) is 4.74 Å². The molecule has 10 heteroatoms. The van der Waals surface area contributed by atoms with Crippen molar-refractivity contribution in [1.29, 1.82) is 0 Å². The molecule has 7 nitrogen and oxygen atoms in total. The second kappa shape index (κ2) is 8.98. The van der Waals surface area contributed by atoms with Gasteiger partial charge in [-0.15, -0.1) is 0 Å². The zero-order valence-electron chi connectivity index (χ0n) is 18.4. The first kappa shape index (κ1) is 22.2. The number of anilines is 2. The molecule has 0 unspecified atom stereocenters. The second-order valence-electron chi connectivity index (χ2n) is 7.61. The molecular weight excluding hydrogens is 459 g/mol. The number of ether oxygens (including phenoxy) is 1. The third kappa shape index (κ3) is 4.10. The van der Waals surface area contributed by atoms with Crippen molar-refractivity contribution in [3.63, 3.8) is 0 Å². The SMILES string of the molecule is COc1cccc(-n2c(=O)n(Cc3c(F)cccc3F)c3cnc(Nc4ccccc4F)nc32)c1. The zero-order valence-corrected chi connectivity index (χ0v) is 18.4. The van der Waals surface area contributed by atoms with Crippen molar-refractivity contribution in [1.82, 2.24) is 19.1 Å². The van der Waals surface area contributed by atoms with Crippen LogP contribution in [0.1, 0.15) is 5.56 Å². The lowest BCUT2D eigenvalue weighted by Gasteiger charge is -2.08. The predicted molar refractivity (Wildman–Crippen MR) is 125 cm³/mol. The average molecular weight is 477 g/mol. The van der Waals surface area contributed by atoms with Gasteiger partial charge in [-0.05, 0) is 36.4 Å². The molecule has 1 N–H and O–H groups in total. The Hall–Kier alpha value is -4.60. The summed E-state index contributed by atoms with van der Waals surface area (Å²) in [4.78, 5) is 22.2. The lowest BCUT2D eigenvalue weighted by Crippen LogP contribution is -2.24. The summed E-state index contributed by atoms with van der Waals surface area (Å²) in [5.41, 5.74) is 0.104. The first-order valence-corrected chi connectivity index (χ1v) is 10.5. The van der Waals surface area contributed by atoms with Gasteiger partial charge in [-0.25, -0.2) is 27.5 Å². The van der Waals surface area contributed by atoms with Crippen molar-refractivity contribution in [2.75, 3.05) is 12.4 Å². The number of fused-ring (bicyclic) bond motifs is 1. The van der Waals surface area contributed by atoms with Crippen molar-refractivity contribution < 1.29 is 17.9 Å². The van der Waals surface area contributed by atoms with Crippen LogP contribution in [0.25, 0.3) is 16.9 Å². The Kier molecular flexibility index (Phi) is 5.69. The van der Waals surface area contributed by atoms with E-state index < -0.39 is 23.1 Å². The van der Waals surface area contributed by atoms with Crippen molar-refractivity contribution in [3.8, 4) is 11.4 Å². The number of para-hydroxylation sites is 1. The fourth-order valence-corrected chi connectivity index (χ4v) is 3.76. The number of nitrogens with one attached hydrogen (secondary N) is 1. The van der Waals surface area contributed by atoms with E-state index in [-0.39, 0.29) is 34.9 Å². The Bertz CT molecular complexity index is 1590. The minimum atomic E-state index is -0.780. The number of hydrogen-bond donors (Lipinski definition) is 1. The lowest BCUT2D eigenvalue weighted by atomic mass is 10.2. The third-order valence-electron chi connectivity index (χ3n) is 5.48. The van der Waals surface area contributed by atoms with E-state index in [1.807, 2.05) is 0 Å². The predicted octanol–water partition coefficient (Wildman–Crippen LogP) is 4.80.